The Morgan fingerprint density at radius 1 is 1.31 bits per heavy atom. The molecule has 0 amide bonds. The summed E-state index contributed by atoms with van der Waals surface area (Å²) in [4.78, 5) is 0. The fourth-order valence-corrected chi connectivity index (χ4v) is 2.31. The van der Waals surface area contributed by atoms with Crippen molar-refractivity contribution in [2.24, 2.45) is 5.92 Å². The van der Waals surface area contributed by atoms with E-state index in [0.29, 0.717) is 16.1 Å². The van der Waals surface area contributed by atoms with E-state index in [1.54, 1.807) is 0 Å². The van der Waals surface area contributed by atoms with Crippen LogP contribution in [0.4, 0.5) is 0 Å². The molecule has 1 N–H and O–H groups in total. The van der Waals surface area contributed by atoms with E-state index in [1.807, 2.05) is 12.1 Å². The van der Waals surface area contributed by atoms with Gasteiger partial charge in [-0.15, -0.1) is 0 Å². The summed E-state index contributed by atoms with van der Waals surface area (Å²) in [6, 6.07) is 6.37. The van der Waals surface area contributed by atoms with Gasteiger partial charge in [0.2, 0.25) is 0 Å². The molecule has 2 rings (SSSR count). The second kappa shape index (κ2) is 5.39. The third kappa shape index (κ3) is 3.13. The summed E-state index contributed by atoms with van der Waals surface area (Å²) < 4.78 is 0. The molecule has 1 fully saturated rings. The van der Waals surface area contributed by atoms with E-state index in [4.69, 9.17) is 23.2 Å². The Bertz CT molecular complexity index is 361. The van der Waals surface area contributed by atoms with Crippen LogP contribution in [0.25, 0.3) is 0 Å². The average molecular weight is 258 g/mol. The summed E-state index contributed by atoms with van der Waals surface area (Å²) in [5, 5.41) is 4.80. The Morgan fingerprint density at radius 3 is 2.62 bits per heavy atom. The van der Waals surface area contributed by atoms with Crippen LogP contribution in [0.2, 0.25) is 10.0 Å². The Balaban J connectivity index is 2.12. The molecule has 1 aliphatic carbocycles. The van der Waals surface area contributed by atoms with Crippen molar-refractivity contribution in [1.82, 2.24) is 5.32 Å². The first-order valence-corrected chi connectivity index (χ1v) is 6.64. The van der Waals surface area contributed by atoms with Gasteiger partial charge >= 0.3 is 0 Å². The van der Waals surface area contributed by atoms with Crippen molar-refractivity contribution in [3.63, 3.8) is 0 Å². The lowest BCUT2D eigenvalue weighted by molar-refractivity contribution is 0.487. The van der Waals surface area contributed by atoms with Gasteiger partial charge in [-0.3, -0.25) is 0 Å². The van der Waals surface area contributed by atoms with E-state index >= 15 is 0 Å². The molecule has 1 atom stereocenters. The summed E-state index contributed by atoms with van der Waals surface area (Å²) in [6.07, 6.45) is 3.97. The maximum absolute atomic E-state index is 6.05. The summed E-state index contributed by atoms with van der Waals surface area (Å²) in [5.41, 5.74) is 1.25. The third-order valence-corrected chi connectivity index (χ3v) is 3.80. The lowest BCUT2D eigenvalue weighted by Crippen LogP contribution is -2.21. The van der Waals surface area contributed by atoms with Crippen molar-refractivity contribution >= 4 is 23.2 Å². The van der Waals surface area contributed by atoms with Crippen molar-refractivity contribution in [2.45, 2.75) is 32.2 Å². The summed E-state index contributed by atoms with van der Waals surface area (Å²) in [6.45, 7) is 3.12. The molecule has 1 saturated carbocycles. The fraction of sp³-hybridized carbons (Fsp3) is 0.538. The average Bonchev–Trinajstić information content (AvgIpc) is 3.05. The van der Waals surface area contributed by atoms with Gasteiger partial charge in [-0.1, -0.05) is 49.0 Å². The SMILES string of the molecule is CCNC(CC1CC1)c1ccc(Cl)c(Cl)c1. The standard InChI is InChI=1S/C13H17Cl2N/c1-2-16-13(7-9-3-4-9)10-5-6-11(14)12(15)8-10/h5-6,8-9,13,16H,2-4,7H2,1H3. The minimum Gasteiger partial charge on any atom is -0.310 e. The number of rotatable bonds is 5. The topological polar surface area (TPSA) is 12.0 Å². The molecule has 1 aliphatic rings. The smallest absolute Gasteiger partial charge is 0.0595 e. The van der Waals surface area contributed by atoms with Crippen molar-refractivity contribution in [3.05, 3.63) is 33.8 Å². The molecular formula is C13H17Cl2N. The molecule has 0 aliphatic heterocycles. The maximum atomic E-state index is 6.05. The predicted octanol–water partition coefficient (Wildman–Crippen LogP) is 4.44. The Labute approximate surface area is 107 Å². The molecule has 0 saturated heterocycles. The first kappa shape index (κ1) is 12.2. The Kier molecular flexibility index (Phi) is 4.12. The van der Waals surface area contributed by atoms with Gasteiger partial charge in [-0.05, 0) is 36.6 Å². The molecule has 1 unspecified atom stereocenters. The molecule has 0 radical (unpaired) electrons. The van der Waals surface area contributed by atoms with Crippen LogP contribution in [0.3, 0.4) is 0 Å². The Morgan fingerprint density at radius 2 is 2.06 bits per heavy atom. The van der Waals surface area contributed by atoms with E-state index in [-0.39, 0.29) is 0 Å². The van der Waals surface area contributed by atoms with Gasteiger partial charge in [0, 0.05) is 6.04 Å². The van der Waals surface area contributed by atoms with Crippen molar-refractivity contribution in [3.8, 4) is 0 Å². The summed E-state index contributed by atoms with van der Waals surface area (Å²) in [7, 11) is 0. The van der Waals surface area contributed by atoms with Gasteiger partial charge in [0.1, 0.15) is 0 Å². The zero-order valence-corrected chi connectivity index (χ0v) is 11.0. The van der Waals surface area contributed by atoms with Gasteiger partial charge < -0.3 is 5.32 Å². The largest absolute Gasteiger partial charge is 0.310 e. The first-order chi connectivity index (χ1) is 7.70. The van der Waals surface area contributed by atoms with Crippen LogP contribution in [0.5, 0.6) is 0 Å². The lowest BCUT2D eigenvalue weighted by atomic mass is 10.0. The van der Waals surface area contributed by atoms with Crippen LogP contribution >= 0.6 is 23.2 Å². The van der Waals surface area contributed by atoms with Crippen LogP contribution in [-0.2, 0) is 0 Å². The quantitative estimate of drug-likeness (QED) is 0.823. The monoisotopic (exact) mass is 257 g/mol. The van der Waals surface area contributed by atoms with Crippen LogP contribution < -0.4 is 5.32 Å². The van der Waals surface area contributed by atoms with Crippen LogP contribution in [0.15, 0.2) is 18.2 Å². The molecule has 0 aromatic heterocycles. The van der Waals surface area contributed by atoms with Crippen LogP contribution in [0, 0.1) is 5.92 Å². The van der Waals surface area contributed by atoms with Gasteiger partial charge in [0.15, 0.2) is 0 Å². The molecule has 1 nitrogen and oxygen atoms in total. The van der Waals surface area contributed by atoms with E-state index < -0.39 is 0 Å². The molecule has 0 spiro atoms. The third-order valence-electron chi connectivity index (χ3n) is 3.06. The number of halogens is 2. The number of hydrogen-bond acceptors (Lipinski definition) is 1. The highest BCUT2D eigenvalue weighted by atomic mass is 35.5. The van der Waals surface area contributed by atoms with Crippen LogP contribution in [-0.4, -0.2) is 6.54 Å². The van der Waals surface area contributed by atoms with E-state index in [9.17, 15) is 0 Å². The van der Waals surface area contributed by atoms with Crippen molar-refractivity contribution in [1.29, 1.82) is 0 Å². The molecule has 1 aromatic rings. The second-order valence-electron chi connectivity index (χ2n) is 4.46. The zero-order chi connectivity index (χ0) is 11.5. The first-order valence-electron chi connectivity index (χ1n) is 5.89. The number of hydrogen-bond donors (Lipinski definition) is 1. The minimum atomic E-state index is 0.423. The van der Waals surface area contributed by atoms with E-state index in [0.717, 1.165) is 12.5 Å². The highest BCUT2D eigenvalue weighted by molar-refractivity contribution is 6.42. The van der Waals surface area contributed by atoms with Gasteiger partial charge in [-0.25, -0.2) is 0 Å². The molecule has 3 heteroatoms. The van der Waals surface area contributed by atoms with Crippen molar-refractivity contribution in [2.75, 3.05) is 6.54 Å². The molecule has 1 aromatic carbocycles. The molecule has 88 valence electrons. The summed E-state index contributed by atoms with van der Waals surface area (Å²) in [5.74, 6) is 0.901. The highest BCUT2D eigenvalue weighted by Crippen LogP contribution is 2.38. The van der Waals surface area contributed by atoms with Crippen molar-refractivity contribution < 1.29 is 0 Å². The van der Waals surface area contributed by atoms with Gasteiger partial charge in [0.25, 0.3) is 0 Å². The molecule has 0 bridgehead atoms. The van der Waals surface area contributed by atoms with E-state index in [1.165, 1.54) is 24.8 Å². The van der Waals surface area contributed by atoms with Gasteiger partial charge in [-0.2, -0.15) is 0 Å². The number of nitrogens with one attached hydrogen (secondary N) is 1. The van der Waals surface area contributed by atoms with E-state index in [2.05, 4.69) is 18.3 Å². The number of benzene rings is 1. The maximum Gasteiger partial charge on any atom is 0.0595 e. The molecule has 16 heavy (non-hydrogen) atoms. The molecule has 0 heterocycles. The normalized spacial score (nSPS) is 17.4. The Hall–Kier alpha value is -0.240. The van der Waals surface area contributed by atoms with Crippen LogP contribution in [0.1, 0.15) is 37.8 Å². The van der Waals surface area contributed by atoms with Gasteiger partial charge in [0.05, 0.1) is 10.0 Å². The second-order valence-corrected chi connectivity index (χ2v) is 5.28. The summed E-state index contributed by atoms with van der Waals surface area (Å²) >= 11 is 12.0. The minimum absolute atomic E-state index is 0.423. The lowest BCUT2D eigenvalue weighted by Gasteiger charge is -2.18. The molecular weight excluding hydrogens is 241 g/mol. The fourth-order valence-electron chi connectivity index (χ4n) is 2.00. The zero-order valence-electron chi connectivity index (χ0n) is 9.47. The highest BCUT2D eigenvalue weighted by Gasteiger charge is 2.26. The predicted molar refractivity (Wildman–Crippen MR) is 70.2 cm³/mol.